The van der Waals surface area contributed by atoms with E-state index in [-0.39, 0.29) is 11.7 Å². The van der Waals surface area contributed by atoms with Crippen LogP contribution in [0.4, 0.5) is 0 Å². The van der Waals surface area contributed by atoms with Gasteiger partial charge in [0, 0.05) is 24.8 Å². The number of aromatic nitrogens is 2. The van der Waals surface area contributed by atoms with Crippen LogP contribution in [0.2, 0.25) is 0 Å². The van der Waals surface area contributed by atoms with Gasteiger partial charge in [0.2, 0.25) is 0 Å². The number of phenols is 1. The van der Waals surface area contributed by atoms with Crippen molar-refractivity contribution in [3.63, 3.8) is 0 Å². The number of unbranched alkanes of at least 4 members (excludes halogenated alkanes) is 3. The van der Waals surface area contributed by atoms with Crippen LogP contribution in [0.25, 0.3) is 11.3 Å². The second-order valence-corrected chi connectivity index (χ2v) is 8.59. The Morgan fingerprint density at radius 3 is 2.63 bits per heavy atom. The molecule has 8 heteroatoms. The fraction of sp³-hybridized carbons (Fsp3) is 0.407. The number of aromatic amines is 1. The summed E-state index contributed by atoms with van der Waals surface area (Å²) in [5.74, 6) is 1.23. The second-order valence-electron chi connectivity index (χ2n) is 8.59. The first-order valence-corrected chi connectivity index (χ1v) is 12.1. The van der Waals surface area contributed by atoms with E-state index in [0.29, 0.717) is 48.2 Å². The summed E-state index contributed by atoms with van der Waals surface area (Å²) in [6.45, 7) is 3.60. The summed E-state index contributed by atoms with van der Waals surface area (Å²) >= 11 is 0. The van der Waals surface area contributed by atoms with Crippen LogP contribution in [0.3, 0.4) is 0 Å². The highest BCUT2D eigenvalue weighted by molar-refractivity contribution is 6.00. The Bertz CT molecular complexity index is 1160. The molecule has 186 valence electrons. The molecule has 4 rings (SSSR count). The van der Waals surface area contributed by atoms with Crippen LogP contribution in [-0.4, -0.2) is 60.1 Å². The fourth-order valence-corrected chi connectivity index (χ4v) is 4.53. The fourth-order valence-electron chi connectivity index (χ4n) is 4.53. The van der Waals surface area contributed by atoms with E-state index in [4.69, 9.17) is 14.2 Å². The van der Waals surface area contributed by atoms with Crippen LogP contribution in [0, 0.1) is 0 Å². The molecule has 0 unspecified atom stereocenters. The molecule has 0 spiro atoms. The molecule has 1 aliphatic heterocycles. The zero-order valence-electron chi connectivity index (χ0n) is 20.5. The number of aromatic hydroxyl groups is 1. The van der Waals surface area contributed by atoms with Gasteiger partial charge >= 0.3 is 0 Å². The average molecular weight is 480 g/mol. The van der Waals surface area contributed by atoms with Crippen LogP contribution in [0.1, 0.15) is 60.3 Å². The molecule has 2 aromatic carbocycles. The molecule has 0 radical (unpaired) electrons. The molecule has 1 atom stereocenters. The van der Waals surface area contributed by atoms with Gasteiger partial charge < -0.3 is 24.2 Å². The molecule has 0 saturated heterocycles. The lowest BCUT2D eigenvalue weighted by atomic mass is 9.95. The molecule has 0 aliphatic carbocycles. The maximum Gasteiger partial charge on any atom is 0.273 e. The van der Waals surface area contributed by atoms with Crippen molar-refractivity contribution in [2.45, 2.75) is 38.6 Å². The smallest absolute Gasteiger partial charge is 0.273 e. The summed E-state index contributed by atoms with van der Waals surface area (Å²) in [6, 6.07) is 12.3. The summed E-state index contributed by atoms with van der Waals surface area (Å²) in [4.78, 5) is 15.1. The largest absolute Gasteiger partial charge is 0.507 e. The third-order valence-electron chi connectivity index (χ3n) is 6.32. The van der Waals surface area contributed by atoms with Gasteiger partial charge in [-0.3, -0.25) is 9.89 Å². The third kappa shape index (κ3) is 4.98. The Morgan fingerprint density at radius 1 is 1.06 bits per heavy atom. The number of nitrogens with zero attached hydrogens (tertiary/aromatic N) is 2. The molecule has 1 aromatic heterocycles. The zero-order valence-corrected chi connectivity index (χ0v) is 20.5. The number of carbonyl (C=O) groups excluding carboxylic acids is 1. The van der Waals surface area contributed by atoms with Gasteiger partial charge in [-0.2, -0.15) is 5.10 Å². The van der Waals surface area contributed by atoms with Gasteiger partial charge in [-0.1, -0.05) is 44.4 Å². The molecule has 2 heterocycles. The molecule has 35 heavy (non-hydrogen) atoms. The molecular formula is C27H33N3O5. The van der Waals surface area contributed by atoms with Gasteiger partial charge in [0.25, 0.3) is 5.91 Å². The van der Waals surface area contributed by atoms with Crippen molar-refractivity contribution >= 4 is 5.91 Å². The third-order valence-corrected chi connectivity index (χ3v) is 6.32. The number of carbonyl (C=O) groups is 1. The molecule has 0 saturated carbocycles. The van der Waals surface area contributed by atoms with Crippen LogP contribution >= 0.6 is 0 Å². The van der Waals surface area contributed by atoms with Crippen molar-refractivity contribution in [3.05, 3.63) is 59.3 Å². The van der Waals surface area contributed by atoms with E-state index in [2.05, 4.69) is 17.1 Å². The number of fused-ring (bicyclic) bond motifs is 1. The highest BCUT2D eigenvalue weighted by Gasteiger charge is 2.42. The van der Waals surface area contributed by atoms with Gasteiger partial charge in [0.1, 0.15) is 17.1 Å². The number of hydrogen-bond donors (Lipinski definition) is 2. The second kappa shape index (κ2) is 11.3. The van der Waals surface area contributed by atoms with Gasteiger partial charge in [0.15, 0.2) is 11.5 Å². The first kappa shape index (κ1) is 24.6. The van der Waals surface area contributed by atoms with E-state index in [0.717, 1.165) is 24.0 Å². The minimum atomic E-state index is -0.423. The summed E-state index contributed by atoms with van der Waals surface area (Å²) < 4.78 is 16.9. The summed E-state index contributed by atoms with van der Waals surface area (Å²) in [6.07, 6.45) is 4.49. The molecule has 1 amide bonds. The number of phenolic OH excluding ortho intramolecular Hbond substituents is 1. The Morgan fingerprint density at radius 2 is 1.89 bits per heavy atom. The summed E-state index contributed by atoms with van der Waals surface area (Å²) in [7, 11) is 3.22. The van der Waals surface area contributed by atoms with Gasteiger partial charge in [-0.15, -0.1) is 0 Å². The SMILES string of the molecule is CCCCCCOc1ccc([C@@H]2c3c(-c4ccccc4O)n[nH]c3C(=O)N2CCOC)cc1OC. The number of methoxy groups -OCH3 is 2. The van der Waals surface area contributed by atoms with Crippen LogP contribution in [0.15, 0.2) is 42.5 Å². The van der Waals surface area contributed by atoms with Gasteiger partial charge in [-0.25, -0.2) is 0 Å². The molecule has 0 fully saturated rings. The normalized spacial score (nSPS) is 14.9. The highest BCUT2D eigenvalue weighted by Crippen LogP contribution is 2.45. The van der Waals surface area contributed by atoms with E-state index < -0.39 is 6.04 Å². The Hall–Kier alpha value is -3.52. The van der Waals surface area contributed by atoms with E-state index in [1.807, 2.05) is 24.3 Å². The lowest BCUT2D eigenvalue weighted by molar-refractivity contribution is 0.0677. The lowest BCUT2D eigenvalue weighted by Crippen LogP contribution is -2.32. The molecule has 3 aromatic rings. The van der Waals surface area contributed by atoms with E-state index >= 15 is 0 Å². The Kier molecular flexibility index (Phi) is 7.92. The Labute approximate surface area is 205 Å². The van der Waals surface area contributed by atoms with Gasteiger partial charge in [-0.05, 0) is 36.2 Å². The van der Waals surface area contributed by atoms with Crippen LogP contribution in [-0.2, 0) is 4.74 Å². The van der Waals surface area contributed by atoms with Crippen molar-refractivity contribution in [1.82, 2.24) is 15.1 Å². The molecule has 2 N–H and O–H groups in total. The minimum Gasteiger partial charge on any atom is -0.507 e. The first-order chi connectivity index (χ1) is 17.1. The number of H-pyrrole nitrogens is 1. The minimum absolute atomic E-state index is 0.104. The van der Waals surface area contributed by atoms with E-state index in [1.165, 1.54) is 12.8 Å². The van der Waals surface area contributed by atoms with Crippen LogP contribution in [0.5, 0.6) is 17.2 Å². The molecule has 0 bridgehead atoms. The van der Waals surface area contributed by atoms with Crippen LogP contribution < -0.4 is 9.47 Å². The predicted molar refractivity (Wildman–Crippen MR) is 133 cm³/mol. The van der Waals surface area contributed by atoms with E-state index in [9.17, 15) is 9.90 Å². The maximum atomic E-state index is 13.3. The number of benzene rings is 2. The van der Waals surface area contributed by atoms with Gasteiger partial charge in [0.05, 0.1) is 26.4 Å². The number of para-hydroxylation sites is 1. The zero-order chi connectivity index (χ0) is 24.8. The number of hydrogen-bond acceptors (Lipinski definition) is 6. The Balaban J connectivity index is 1.71. The lowest BCUT2D eigenvalue weighted by Gasteiger charge is -2.26. The van der Waals surface area contributed by atoms with Crippen molar-refractivity contribution in [2.24, 2.45) is 0 Å². The van der Waals surface area contributed by atoms with Crippen molar-refractivity contribution in [1.29, 1.82) is 0 Å². The summed E-state index contributed by atoms with van der Waals surface area (Å²) in [5.41, 5.74) is 3.12. The number of ether oxygens (including phenoxy) is 3. The van der Waals surface area contributed by atoms with Crippen molar-refractivity contribution in [3.8, 4) is 28.5 Å². The summed E-state index contributed by atoms with van der Waals surface area (Å²) in [5, 5.41) is 17.8. The molecular weight excluding hydrogens is 446 g/mol. The number of rotatable bonds is 12. The monoisotopic (exact) mass is 479 g/mol. The standard InChI is InChI=1S/C27H33N3O5/c1-4-5-6-9-15-35-21-13-12-18(17-22(21)34-3)26-23-24(19-10-7-8-11-20(19)31)28-29-25(23)27(32)30(26)14-16-33-2/h7-8,10-13,17,26,31H,4-6,9,14-16H2,1-3H3,(H,28,29)/t26-/m1/s1. The number of amides is 1. The van der Waals surface area contributed by atoms with E-state index in [1.54, 1.807) is 37.3 Å². The quantitative estimate of drug-likeness (QED) is 0.357. The molecule has 8 nitrogen and oxygen atoms in total. The van der Waals surface area contributed by atoms with Crippen molar-refractivity contribution in [2.75, 3.05) is 34.0 Å². The first-order valence-electron chi connectivity index (χ1n) is 12.1. The topological polar surface area (TPSA) is 96.9 Å². The average Bonchev–Trinajstić information content (AvgIpc) is 3.41. The predicted octanol–water partition coefficient (Wildman–Crippen LogP) is 4.94. The highest BCUT2D eigenvalue weighted by atomic mass is 16.5. The maximum absolute atomic E-state index is 13.3. The molecule has 1 aliphatic rings. The number of nitrogens with one attached hydrogen (secondary N) is 1. The van der Waals surface area contributed by atoms with Crippen molar-refractivity contribution < 1.29 is 24.1 Å².